The second kappa shape index (κ2) is 11.5. The molecule has 2 saturated heterocycles. The van der Waals surface area contributed by atoms with Crippen molar-refractivity contribution in [1.29, 1.82) is 0 Å². The van der Waals surface area contributed by atoms with Crippen LogP contribution in [0.25, 0.3) is 11.4 Å². The van der Waals surface area contributed by atoms with E-state index in [1.54, 1.807) is 12.4 Å². The molecule has 0 saturated carbocycles. The number of likely N-dealkylation sites (tertiary alicyclic amines) is 1. The Morgan fingerprint density at radius 2 is 1.66 bits per heavy atom. The van der Waals surface area contributed by atoms with Crippen LogP contribution in [0.5, 0.6) is 0 Å². The minimum atomic E-state index is -1.23. The summed E-state index contributed by atoms with van der Waals surface area (Å²) in [6, 6.07) is 8.01. The molecule has 0 radical (unpaired) electrons. The van der Waals surface area contributed by atoms with E-state index >= 15 is 0 Å². The lowest BCUT2D eigenvalue weighted by Gasteiger charge is -2.31. The van der Waals surface area contributed by atoms with E-state index in [9.17, 15) is 4.21 Å². The van der Waals surface area contributed by atoms with Crippen molar-refractivity contribution in [2.45, 2.75) is 49.6 Å². The van der Waals surface area contributed by atoms with Gasteiger partial charge in [0.05, 0.1) is 22.3 Å². The van der Waals surface area contributed by atoms with E-state index in [0.29, 0.717) is 16.8 Å². The fourth-order valence-electron chi connectivity index (χ4n) is 4.59. The third-order valence-electron chi connectivity index (χ3n) is 6.50. The first-order chi connectivity index (χ1) is 17.1. The third-order valence-corrected chi connectivity index (χ3v) is 8.18. The predicted octanol–water partition coefficient (Wildman–Crippen LogP) is 4.17. The number of hydrogen-bond acceptors (Lipinski definition) is 7. The highest BCUT2D eigenvalue weighted by molar-refractivity contribution is 7.82. The lowest BCUT2D eigenvalue weighted by atomic mass is 10.1. The first-order valence-corrected chi connectivity index (χ1v) is 13.7. The molecular weight excluding hydrogens is 482 g/mol. The molecule has 184 valence electrons. The van der Waals surface area contributed by atoms with E-state index in [2.05, 4.69) is 30.2 Å². The van der Waals surface area contributed by atoms with Gasteiger partial charge in [-0.1, -0.05) is 30.2 Å². The monoisotopic (exact) mass is 511 g/mol. The number of aromatic nitrogens is 4. The van der Waals surface area contributed by atoms with E-state index in [0.717, 1.165) is 61.6 Å². The van der Waals surface area contributed by atoms with Gasteiger partial charge in [-0.15, -0.1) is 0 Å². The van der Waals surface area contributed by atoms with Gasteiger partial charge in [0.1, 0.15) is 11.0 Å². The Kier molecular flexibility index (Phi) is 7.98. The fourth-order valence-corrected chi connectivity index (χ4v) is 5.95. The molecule has 4 heterocycles. The van der Waals surface area contributed by atoms with Crippen LogP contribution in [0.4, 0.5) is 5.95 Å². The molecule has 8 nitrogen and oxygen atoms in total. The van der Waals surface area contributed by atoms with Crippen molar-refractivity contribution >= 4 is 28.5 Å². The summed E-state index contributed by atoms with van der Waals surface area (Å²) in [5.74, 6) is 1.24. The van der Waals surface area contributed by atoms with Gasteiger partial charge >= 0.3 is 0 Å². The number of nitrogens with zero attached hydrogens (tertiary/aromatic N) is 6. The maximum atomic E-state index is 13.3. The molecule has 2 aliphatic heterocycles. The van der Waals surface area contributed by atoms with E-state index < -0.39 is 11.0 Å². The van der Waals surface area contributed by atoms with Gasteiger partial charge in [-0.25, -0.2) is 28.5 Å². The number of hydrogen-bond donors (Lipinski definition) is 1. The van der Waals surface area contributed by atoms with Crippen LogP contribution in [0, 0.1) is 0 Å². The van der Waals surface area contributed by atoms with Crippen molar-refractivity contribution in [1.82, 2.24) is 29.1 Å². The predicted molar refractivity (Wildman–Crippen MR) is 138 cm³/mol. The summed E-state index contributed by atoms with van der Waals surface area (Å²) in [6.07, 6.45) is 12.6. The second-order valence-electron chi connectivity index (χ2n) is 9.10. The number of rotatable bonds is 7. The normalized spacial score (nSPS) is 18.9. The maximum Gasteiger partial charge on any atom is 0.222 e. The van der Waals surface area contributed by atoms with Gasteiger partial charge in [0, 0.05) is 49.2 Å². The van der Waals surface area contributed by atoms with Crippen LogP contribution in [0.3, 0.4) is 0 Å². The van der Waals surface area contributed by atoms with Crippen LogP contribution in [-0.4, -0.2) is 65.6 Å². The molecule has 0 bridgehead atoms. The third kappa shape index (κ3) is 6.41. The SMILES string of the molecule is O=S(c1cccc(-c2ncc(CN3CCCCC3)cn2)c1)N1CCC(Nc2ncc(Cl)cn2)CC1. The Balaban J connectivity index is 1.18. The van der Waals surface area contributed by atoms with Gasteiger partial charge in [0.25, 0.3) is 0 Å². The Labute approximate surface area is 213 Å². The molecule has 35 heavy (non-hydrogen) atoms. The topological polar surface area (TPSA) is 87.1 Å². The number of benzene rings is 1. The molecule has 10 heteroatoms. The smallest absolute Gasteiger partial charge is 0.222 e. The van der Waals surface area contributed by atoms with Crippen LogP contribution < -0.4 is 5.32 Å². The molecular formula is C25H30ClN7OS. The number of halogens is 1. The van der Waals surface area contributed by atoms with Crippen molar-refractivity contribution in [3.05, 3.63) is 59.6 Å². The lowest BCUT2D eigenvalue weighted by molar-refractivity contribution is 0.220. The zero-order valence-corrected chi connectivity index (χ0v) is 21.2. The van der Waals surface area contributed by atoms with Crippen molar-refractivity contribution in [2.75, 3.05) is 31.5 Å². The lowest BCUT2D eigenvalue weighted by Crippen LogP contribution is -2.40. The van der Waals surface area contributed by atoms with E-state index in [-0.39, 0.29) is 6.04 Å². The van der Waals surface area contributed by atoms with Crippen LogP contribution in [0.2, 0.25) is 5.02 Å². The summed E-state index contributed by atoms with van der Waals surface area (Å²) < 4.78 is 15.3. The Morgan fingerprint density at radius 1 is 0.943 bits per heavy atom. The molecule has 0 spiro atoms. The number of piperidine rings is 2. The molecule has 5 rings (SSSR count). The van der Waals surface area contributed by atoms with E-state index in [1.165, 1.54) is 19.3 Å². The number of anilines is 1. The Morgan fingerprint density at radius 3 is 2.37 bits per heavy atom. The quantitative estimate of drug-likeness (QED) is 0.509. The summed E-state index contributed by atoms with van der Waals surface area (Å²) in [7, 11) is -1.23. The van der Waals surface area contributed by atoms with Crippen LogP contribution in [-0.2, 0) is 17.5 Å². The molecule has 1 N–H and O–H groups in total. The van der Waals surface area contributed by atoms with E-state index in [4.69, 9.17) is 11.6 Å². The zero-order valence-electron chi connectivity index (χ0n) is 19.6. The second-order valence-corrected chi connectivity index (χ2v) is 11.0. The highest BCUT2D eigenvalue weighted by atomic mass is 35.5. The Bertz CT molecular complexity index is 1130. The summed E-state index contributed by atoms with van der Waals surface area (Å²) >= 11 is 5.86. The average molecular weight is 512 g/mol. The van der Waals surface area contributed by atoms with Gasteiger partial charge in [0.2, 0.25) is 5.95 Å². The first-order valence-electron chi connectivity index (χ1n) is 12.2. The standard InChI is InChI=1S/C25H30ClN7OS/c26-21-16-29-25(30-17-21)31-22-7-11-33(12-8-22)35(34)23-6-4-5-20(13-23)24-27-14-19(15-28-24)18-32-9-2-1-3-10-32/h4-6,13-17,22H,1-3,7-12,18H2,(H,29,30,31). The minimum absolute atomic E-state index is 0.243. The molecule has 1 unspecified atom stereocenters. The molecule has 2 aromatic heterocycles. The van der Waals surface area contributed by atoms with Gasteiger partial charge in [0.15, 0.2) is 5.82 Å². The van der Waals surface area contributed by atoms with Gasteiger partial charge in [-0.2, -0.15) is 0 Å². The molecule has 0 aliphatic carbocycles. The van der Waals surface area contributed by atoms with Crippen molar-refractivity contribution in [3.8, 4) is 11.4 Å². The molecule has 1 aromatic carbocycles. The maximum absolute atomic E-state index is 13.3. The van der Waals surface area contributed by atoms with Crippen LogP contribution >= 0.6 is 11.6 Å². The van der Waals surface area contributed by atoms with Gasteiger partial charge in [-0.05, 0) is 50.9 Å². The van der Waals surface area contributed by atoms with E-state index in [1.807, 2.05) is 41.0 Å². The average Bonchev–Trinajstić information content (AvgIpc) is 2.91. The summed E-state index contributed by atoms with van der Waals surface area (Å²) in [5, 5.41) is 3.86. The highest BCUT2D eigenvalue weighted by Crippen LogP contribution is 2.23. The summed E-state index contributed by atoms with van der Waals surface area (Å²) in [6.45, 7) is 4.66. The van der Waals surface area contributed by atoms with Crippen molar-refractivity contribution in [3.63, 3.8) is 0 Å². The van der Waals surface area contributed by atoms with Crippen LogP contribution in [0.1, 0.15) is 37.7 Å². The molecule has 2 fully saturated rings. The first kappa shape index (κ1) is 24.2. The van der Waals surface area contributed by atoms with Crippen molar-refractivity contribution < 1.29 is 4.21 Å². The zero-order chi connectivity index (χ0) is 24.0. The van der Waals surface area contributed by atoms with Crippen molar-refractivity contribution in [2.24, 2.45) is 0 Å². The molecule has 3 aromatic rings. The van der Waals surface area contributed by atoms with Gasteiger partial charge in [-0.3, -0.25) is 4.90 Å². The molecule has 0 amide bonds. The Hall–Kier alpha value is -2.46. The largest absolute Gasteiger partial charge is 0.351 e. The molecule has 2 aliphatic rings. The fraction of sp³-hybridized carbons (Fsp3) is 0.440. The summed E-state index contributed by atoms with van der Waals surface area (Å²) in [5.41, 5.74) is 2.02. The number of nitrogens with one attached hydrogen (secondary N) is 1. The minimum Gasteiger partial charge on any atom is -0.351 e. The highest BCUT2D eigenvalue weighted by Gasteiger charge is 2.24. The van der Waals surface area contributed by atoms with Gasteiger partial charge < -0.3 is 5.32 Å². The summed E-state index contributed by atoms with van der Waals surface area (Å²) in [4.78, 5) is 20.9. The molecule has 1 atom stereocenters. The van der Waals surface area contributed by atoms with Crippen LogP contribution in [0.15, 0.2) is 53.9 Å².